The molecule has 1 fully saturated rings. The summed E-state index contributed by atoms with van der Waals surface area (Å²) in [5.74, 6) is -0.187. The predicted molar refractivity (Wildman–Crippen MR) is 99.7 cm³/mol. The highest BCUT2D eigenvalue weighted by atomic mass is 16.5. The van der Waals surface area contributed by atoms with Gasteiger partial charge in [0.1, 0.15) is 0 Å². The molecule has 0 spiro atoms. The summed E-state index contributed by atoms with van der Waals surface area (Å²) >= 11 is 0. The van der Waals surface area contributed by atoms with Crippen molar-refractivity contribution in [1.82, 2.24) is 15.2 Å². The molecule has 0 saturated carbocycles. The summed E-state index contributed by atoms with van der Waals surface area (Å²) in [7, 11) is 1.39. The van der Waals surface area contributed by atoms with E-state index in [-0.39, 0.29) is 23.8 Å². The first-order chi connectivity index (χ1) is 12.6. The number of benzene rings is 1. The number of rotatable bonds is 4. The number of urea groups is 1. The Labute approximate surface area is 153 Å². The van der Waals surface area contributed by atoms with E-state index in [9.17, 15) is 9.59 Å². The number of carbonyl (C=O) groups is 2. The molecule has 2 atom stereocenters. The average molecular weight is 355 g/mol. The lowest BCUT2D eigenvalue weighted by Gasteiger charge is -2.35. The van der Waals surface area contributed by atoms with Crippen molar-refractivity contribution in [3.63, 3.8) is 0 Å². The van der Waals surface area contributed by atoms with Crippen molar-refractivity contribution in [3.05, 3.63) is 42.1 Å². The van der Waals surface area contributed by atoms with Crippen molar-refractivity contribution in [2.45, 2.75) is 19.8 Å². The van der Waals surface area contributed by atoms with Gasteiger partial charge in [0.15, 0.2) is 0 Å². The molecule has 1 aliphatic rings. The number of carbonyl (C=O) groups excluding carboxylic acids is 2. The van der Waals surface area contributed by atoms with Gasteiger partial charge in [-0.1, -0.05) is 19.1 Å². The molecule has 0 aliphatic carbocycles. The van der Waals surface area contributed by atoms with Crippen LogP contribution in [0.3, 0.4) is 0 Å². The van der Waals surface area contributed by atoms with Crippen molar-refractivity contribution in [3.8, 4) is 0 Å². The number of ether oxygens (including phenoxy) is 1. The lowest BCUT2D eigenvalue weighted by atomic mass is 9.91. The molecule has 2 unspecified atom stereocenters. The Morgan fingerprint density at radius 1 is 1.31 bits per heavy atom. The van der Waals surface area contributed by atoms with Crippen LogP contribution in [0.5, 0.6) is 0 Å². The van der Waals surface area contributed by atoms with Gasteiger partial charge in [-0.15, -0.1) is 0 Å². The Bertz CT molecular complexity index is 793. The average Bonchev–Trinajstić information content (AvgIpc) is 2.66. The van der Waals surface area contributed by atoms with E-state index in [4.69, 9.17) is 4.74 Å². The van der Waals surface area contributed by atoms with Crippen molar-refractivity contribution in [2.24, 2.45) is 11.8 Å². The zero-order valence-electron chi connectivity index (χ0n) is 15.3. The molecule has 3 rings (SSSR count). The SMILES string of the molecule is COC(=O)C1CC(C)CN(C(=O)NCCc2ccc3ncccc3c2)C1. The summed E-state index contributed by atoms with van der Waals surface area (Å²) in [4.78, 5) is 30.3. The van der Waals surface area contributed by atoms with Crippen LogP contribution in [0.1, 0.15) is 18.9 Å². The molecule has 2 heterocycles. The Kier molecular flexibility index (Phi) is 5.71. The fourth-order valence-electron chi connectivity index (χ4n) is 3.56. The van der Waals surface area contributed by atoms with Crippen molar-refractivity contribution in [1.29, 1.82) is 0 Å². The van der Waals surface area contributed by atoms with Crippen LogP contribution >= 0.6 is 0 Å². The summed E-state index contributed by atoms with van der Waals surface area (Å²) in [6.45, 7) is 3.70. The van der Waals surface area contributed by atoms with E-state index in [0.717, 1.165) is 29.3 Å². The van der Waals surface area contributed by atoms with Crippen molar-refractivity contribution in [2.75, 3.05) is 26.7 Å². The highest BCUT2D eigenvalue weighted by molar-refractivity contribution is 5.79. The van der Waals surface area contributed by atoms with Crippen LogP contribution < -0.4 is 5.32 Å². The van der Waals surface area contributed by atoms with Crippen LogP contribution in [0.2, 0.25) is 0 Å². The number of piperidine rings is 1. The Morgan fingerprint density at radius 2 is 2.15 bits per heavy atom. The second kappa shape index (κ2) is 8.17. The summed E-state index contributed by atoms with van der Waals surface area (Å²) < 4.78 is 4.84. The lowest BCUT2D eigenvalue weighted by Crippen LogP contribution is -2.50. The number of hydrogen-bond acceptors (Lipinski definition) is 4. The van der Waals surface area contributed by atoms with Crippen molar-refractivity contribution >= 4 is 22.9 Å². The number of esters is 1. The molecule has 0 bridgehead atoms. The van der Waals surface area contributed by atoms with Crippen LogP contribution in [-0.2, 0) is 16.0 Å². The third-order valence-corrected chi connectivity index (χ3v) is 4.84. The van der Waals surface area contributed by atoms with E-state index in [1.165, 1.54) is 7.11 Å². The monoisotopic (exact) mass is 355 g/mol. The standard InChI is InChI=1S/C20H25N3O3/c1-14-10-17(19(24)26-2)13-23(12-14)20(25)22-9-7-15-5-6-18-16(11-15)4-3-8-21-18/h3-6,8,11,14,17H,7,9-10,12-13H2,1-2H3,(H,22,25). The molecule has 2 aromatic rings. The van der Waals surface area contributed by atoms with Gasteiger partial charge in [0.2, 0.25) is 0 Å². The summed E-state index contributed by atoms with van der Waals surface area (Å²) in [5, 5.41) is 4.07. The Balaban J connectivity index is 1.53. The first-order valence-corrected chi connectivity index (χ1v) is 9.01. The minimum Gasteiger partial charge on any atom is -0.469 e. The highest BCUT2D eigenvalue weighted by Gasteiger charge is 2.32. The van der Waals surface area contributed by atoms with E-state index in [0.29, 0.717) is 19.6 Å². The van der Waals surface area contributed by atoms with E-state index in [2.05, 4.69) is 23.3 Å². The normalized spacial score (nSPS) is 20.0. The van der Waals surface area contributed by atoms with Gasteiger partial charge >= 0.3 is 12.0 Å². The van der Waals surface area contributed by atoms with Gasteiger partial charge in [0, 0.05) is 31.2 Å². The molecule has 2 amide bonds. The van der Waals surface area contributed by atoms with Crippen LogP contribution in [0.4, 0.5) is 4.79 Å². The largest absolute Gasteiger partial charge is 0.469 e. The molecule has 1 N–H and O–H groups in total. The molecule has 6 nitrogen and oxygen atoms in total. The van der Waals surface area contributed by atoms with E-state index in [1.54, 1.807) is 11.1 Å². The maximum Gasteiger partial charge on any atom is 0.317 e. The van der Waals surface area contributed by atoms with Crippen LogP contribution in [0.25, 0.3) is 10.9 Å². The van der Waals surface area contributed by atoms with Crippen LogP contribution in [-0.4, -0.2) is 48.6 Å². The first-order valence-electron chi connectivity index (χ1n) is 9.01. The van der Waals surface area contributed by atoms with Crippen molar-refractivity contribution < 1.29 is 14.3 Å². The summed E-state index contributed by atoms with van der Waals surface area (Å²) in [5.41, 5.74) is 2.13. The van der Waals surface area contributed by atoms with Gasteiger partial charge in [-0.25, -0.2) is 4.79 Å². The maximum atomic E-state index is 12.5. The van der Waals surface area contributed by atoms with Crippen LogP contribution in [0, 0.1) is 11.8 Å². The number of fused-ring (bicyclic) bond motifs is 1. The zero-order chi connectivity index (χ0) is 18.5. The molecule has 26 heavy (non-hydrogen) atoms. The molecule has 6 heteroatoms. The van der Waals surface area contributed by atoms with Gasteiger partial charge in [0.25, 0.3) is 0 Å². The second-order valence-corrected chi connectivity index (χ2v) is 6.98. The summed E-state index contributed by atoms with van der Waals surface area (Å²) in [6, 6.07) is 9.98. The fraction of sp³-hybridized carbons (Fsp3) is 0.450. The zero-order valence-corrected chi connectivity index (χ0v) is 15.3. The number of amides is 2. The smallest absolute Gasteiger partial charge is 0.317 e. The number of pyridine rings is 1. The van der Waals surface area contributed by atoms with Gasteiger partial charge in [-0.05, 0) is 42.5 Å². The number of likely N-dealkylation sites (tertiary alicyclic amines) is 1. The van der Waals surface area contributed by atoms with Crippen LogP contribution in [0.15, 0.2) is 36.5 Å². The van der Waals surface area contributed by atoms with Gasteiger partial charge in [-0.2, -0.15) is 0 Å². The summed E-state index contributed by atoms with van der Waals surface area (Å²) in [6.07, 6.45) is 3.30. The predicted octanol–water partition coefficient (Wildman–Crippen LogP) is 2.62. The minimum atomic E-state index is -0.237. The van der Waals surface area contributed by atoms with Gasteiger partial charge < -0.3 is 15.0 Å². The second-order valence-electron chi connectivity index (χ2n) is 6.98. The molecule has 1 aliphatic heterocycles. The van der Waals surface area contributed by atoms with Gasteiger partial charge in [0.05, 0.1) is 18.5 Å². The number of methoxy groups -OCH3 is 1. The third-order valence-electron chi connectivity index (χ3n) is 4.84. The topological polar surface area (TPSA) is 71.5 Å². The molecular weight excluding hydrogens is 330 g/mol. The first kappa shape index (κ1) is 18.2. The van der Waals surface area contributed by atoms with E-state index < -0.39 is 0 Å². The molecule has 1 aromatic carbocycles. The van der Waals surface area contributed by atoms with E-state index >= 15 is 0 Å². The fourth-order valence-corrected chi connectivity index (χ4v) is 3.56. The lowest BCUT2D eigenvalue weighted by molar-refractivity contribution is -0.147. The molecule has 0 radical (unpaired) electrons. The molecule has 1 saturated heterocycles. The highest BCUT2D eigenvalue weighted by Crippen LogP contribution is 2.22. The number of nitrogens with zero attached hydrogens (tertiary/aromatic N) is 2. The molecule has 138 valence electrons. The minimum absolute atomic E-state index is 0.118. The molecular formula is C20H25N3O3. The number of nitrogens with one attached hydrogen (secondary N) is 1. The van der Waals surface area contributed by atoms with Gasteiger partial charge in [-0.3, -0.25) is 9.78 Å². The number of aromatic nitrogens is 1. The maximum absolute atomic E-state index is 12.5. The quantitative estimate of drug-likeness (QED) is 0.856. The Morgan fingerprint density at radius 3 is 2.96 bits per heavy atom. The number of hydrogen-bond donors (Lipinski definition) is 1. The van der Waals surface area contributed by atoms with E-state index in [1.807, 2.05) is 24.3 Å². The third kappa shape index (κ3) is 4.31. The molecule has 1 aromatic heterocycles. The Hall–Kier alpha value is -2.63.